The van der Waals surface area contributed by atoms with Crippen molar-refractivity contribution in [2.45, 2.75) is 32.1 Å². The molecule has 2 heterocycles. The van der Waals surface area contributed by atoms with E-state index in [1.54, 1.807) is 0 Å². The van der Waals surface area contributed by atoms with E-state index in [1.165, 1.54) is 11.6 Å². The van der Waals surface area contributed by atoms with Gasteiger partial charge < -0.3 is 19.1 Å². The van der Waals surface area contributed by atoms with Crippen LogP contribution in [0.25, 0.3) is 0 Å². The summed E-state index contributed by atoms with van der Waals surface area (Å²) in [6.07, 6.45) is 3.05. The van der Waals surface area contributed by atoms with Crippen LogP contribution in [0.1, 0.15) is 24.8 Å². The highest BCUT2D eigenvalue weighted by Gasteiger charge is 2.20. The summed E-state index contributed by atoms with van der Waals surface area (Å²) >= 11 is 0. The maximum absolute atomic E-state index is 14.7. The molecule has 0 bridgehead atoms. The average Bonchev–Trinajstić information content (AvgIpc) is 2.79. The molecule has 0 radical (unpaired) electrons. The lowest BCUT2D eigenvalue weighted by atomic mass is 10.2. The molecule has 2 aliphatic rings. The van der Waals surface area contributed by atoms with Crippen LogP contribution < -0.4 is 9.64 Å². The Kier molecular flexibility index (Phi) is 7.56. The number of benzene rings is 2. The van der Waals surface area contributed by atoms with Gasteiger partial charge in [-0.1, -0.05) is 30.3 Å². The van der Waals surface area contributed by atoms with Crippen molar-refractivity contribution in [3.8, 4) is 5.75 Å². The molecule has 4 rings (SSSR count). The summed E-state index contributed by atoms with van der Waals surface area (Å²) in [5.41, 5.74) is 1.96. The highest BCUT2D eigenvalue weighted by molar-refractivity contribution is 5.51. The topological polar surface area (TPSA) is 34.2 Å². The van der Waals surface area contributed by atoms with Gasteiger partial charge in [-0.25, -0.2) is 4.39 Å². The quantitative estimate of drug-likeness (QED) is 0.609. The van der Waals surface area contributed by atoms with E-state index in [1.807, 2.05) is 18.2 Å². The Morgan fingerprint density at radius 1 is 0.967 bits per heavy atom. The molecule has 0 spiro atoms. The Morgan fingerprint density at radius 3 is 2.53 bits per heavy atom. The molecule has 2 aromatic rings. The van der Waals surface area contributed by atoms with Gasteiger partial charge in [0.2, 0.25) is 0 Å². The first kappa shape index (κ1) is 21.1. The van der Waals surface area contributed by atoms with E-state index in [2.05, 4.69) is 34.1 Å². The zero-order chi connectivity index (χ0) is 20.6. The number of piperazine rings is 1. The van der Waals surface area contributed by atoms with Crippen molar-refractivity contribution in [2.75, 3.05) is 50.9 Å². The van der Waals surface area contributed by atoms with Crippen molar-refractivity contribution in [2.24, 2.45) is 0 Å². The smallest absolute Gasteiger partial charge is 0.157 e. The van der Waals surface area contributed by atoms with Crippen molar-refractivity contribution in [3.05, 3.63) is 59.9 Å². The second-order valence-corrected chi connectivity index (χ2v) is 7.88. The lowest BCUT2D eigenvalue weighted by molar-refractivity contribution is -0.165. The Hall–Kier alpha value is -2.15. The summed E-state index contributed by atoms with van der Waals surface area (Å²) < 4.78 is 31.5. The molecule has 6 heteroatoms. The summed E-state index contributed by atoms with van der Waals surface area (Å²) in [6, 6.07) is 15.6. The van der Waals surface area contributed by atoms with E-state index in [9.17, 15) is 4.39 Å². The molecule has 5 nitrogen and oxygen atoms in total. The third-order valence-electron chi connectivity index (χ3n) is 5.67. The van der Waals surface area contributed by atoms with Crippen LogP contribution in [0, 0.1) is 5.82 Å². The number of halogens is 1. The van der Waals surface area contributed by atoms with Gasteiger partial charge in [-0.3, -0.25) is 4.90 Å². The Labute approximate surface area is 178 Å². The first-order chi connectivity index (χ1) is 14.8. The predicted octanol–water partition coefficient (Wildman–Crippen LogP) is 4.07. The first-order valence-corrected chi connectivity index (χ1v) is 10.9. The second kappa shape index (κ2) is 10.8. The first-order valence-electron chi connectivity index (χ1n) is 10.9. The highest BCUT2D eigenvalue weighted by Crippen LogP contribution is 2.25. The van der Waals surface area contributed by atoms with Crippen LogP contribution in [0.4, 0.5) is 10.1 Å². The molecular formula is C24H31FN2O3. The largest absolute Gasteiger partial charge is 0.491 e. The van der Waals surface area contributed by atoms with Gasteiger partial charge in [0.05, 0.1) is 12.3 Å². The summed E-state index contributed by atoms with van der Waals surface area (Å²) in [5, 5.41) is 0. The van der Waals surface area contributed by atoms with Gasteiger partial charge >= 0.3 is 0 Å². The fourth-order valence-corrected chi connectivity index (χ4v) is 4.00. The molecule has 2 saturated heterocycles. The average molecular weight is 415 g/mol. The van der Waals surface area contributed by atoms with Crippen LogP contribution in [0.5, 0.6) is 5.75 Å². The zero-order valence-corrected chi connectivity index (χ0v) is 17.5. The number of ether oxygens (including phenoxy) is 3. The summed E-state index contributed by atoms with van der Waals surface area (Å²) in [5.74, 6) is 0.299. The van der Waals surface area contributed by atoms with Crippen molar-refractivity contribution in [3.63, 3.8) is 0 Å². The normalized spacial score (nSPS) is 20.3. The van der Waals surface area contributed by atoms with Gasteiger partial charge in [-0.15, -0.1) is 0 Å². The lowest BCUT2D eigenvalue weighted by Crippen LogP contribution is -2.46. The van der Waals surface area contributed by atoms with Crippen LogP contribution >= 0.6 is 0 Å². The SMILES string of the molecule is Fc1cc(OCCOC2CCCCO2)ccc1N1CCN(Cc2ccccc2)CC1. The molecule has 0 N–H and O–H groups in total. The van der Waals surface area contributed by atoms with Crippen molar-refractivity contribution in [1.29, 1.82) is 0 Å². The molecule has 2 aromatic carbocycles. The molecule has 2 aliphatic heterocycles. The number of rotatable bonds is 8. The van der Waals surface area contributed by atoms with E-state index in [0.29, 0.717) is 24.7 Å². The van der Waals surface area contributed by atoms with Crippen LogP contribution in [0.15, 0.2) is 48.5 Å². The van der Waals surface area contributed by atoms with Gasteiger partial charge in [-0.05, 0) is 37.0 Å². The maximum Gasteiger partial charge on any atom is 0.157 e. The third-order valence-corrected chi connectivity index (χ3v) is 5.67. The van der Waals surface area contributed by atoms with Gasteiger partial charge in [0.15, 0.2) is 6.29 Å². The van der Waals surface area contributed by atoms with Gasteiger partial charge in [0.25, 0.3) is 0 Å². The summed E-state index contributed by atoms with van der Waals surface area (Å²) in [4.78, 5) is 4.53. The van der Waals surface area contributed by atoms with Crippen molar-refractivity contribution < 1.29 is 18.6 Å². The molecule has 0 amide bonds. The molecule has 1 atom stereocenters. The fourth-order valence-electron chi connectivity index (χ4n) is 4.00. The van der Waals surface area contributed by atoms with E-state index >= 15 is 0 Å². The summed E-state index contributed by atoms with van der Waals surface area (Å²) in [6.45, 7) is 6.02. The van der Waals surface area contributed by atoms with E-state index < -0.39 is 0 Å². The van der Waals surface area contributed by atoms with Gasteiger partial charge in [-0.2, -0.15) is 0 Å². The Balaban J connectivity index is 1.21. The molecule has 0 saturated carbocycles. The van der Waals surface area contributed by atoms with Gasteiger partial charge in [0, 0.05) is 45.4 Å². The van der Waals surface area contributed by atoms with Crippen molar-refractivity contribution >= 4 is 5.69 Å². The molecule has 162 valence electrons. The number of nitrogens with zero attached hydrogens (tertiary/aromatic N) is 2. The van der Waals surface area contributed by atoms with E-state index in [4.69, 9.17) is 14.2 Å². The molecule has 2 fully saturated rings. The highest BCUT2D eigenvalue weighted by atomic mass is 19.1. The molecule has 0 aromatic heterocycles. The molecule has 0 aliphatic carbocycles. The lowest BCUT2D eigenvalue weighted by Gasteiger charge is -2.36. The zero-order valence-electron chi connectivity index (χ0n) is 17.5. The molecular weight excluding hydrogens is 383 g/mol. The van der Waals surface area contributed by atoms with E-state index in [-0.39, 0.29) is 12.1 Å². The Bertz CT molecular complexity index is 775. The maximum atomic E-state index is 14.7. The third kappa shape index (κ3) is 5.94. The fraction of sp³-hybridized carbons (Fsp3) is 0.500. The second-order valence-electron chi connectivity index (χ2n) is 7.88. The number of hydrogen-bond acceptors (Lipinski definition) is 5. The van der Waals surface area contributed by atoms with Gasteiger partial charge in [0.1, 0.15) is 18.2 Å². The van der Waals surface area contributed by atoms with Crippen molar-refractivity contribution in [1.82, 2.24) is 4.90 Å². The molecule has 30 heavy (non-hydrogen) atoms. The van der Waals surface area contributed by atoms with Crippen LogP contribution in [-0.2, 0) is 16.0 Å². The minimum Gasteiger partial charge on any atom is -0.491 e. The molecule has 1 unspecified atom stereocenters. The van der Waals surface area contributed by atoms with E-state index in [0.717, 1.165) is 58.6 Å². The minimum atomic E-state index is -0.236. The number of hydrogen-bond donors (Lipinski definition) is 0. The van der Waals surface area contributed by atoms with Crippen LogP contribution in [0.2, 0.25) is 0 Å². The number of anilines is 1. The minimum absolute atomic E-state index is 0.123. The predicted molar refractivity (Wildman–Crippen MR) is 115 cm³/mol. The van der Waals surface area contributed by atoms with Crippen LogP contribution in [0.3, 0.4) is 0 Å². The van der Waals surface area contributed by atoms with Crippen LogP contribution in [-0.4, -0.2) is 57.2 Å². The monoisotopic (exact) mass is 414 g/mol. The summed E-state index contributed by atoms with van der Waals surface area (Å²) in [7, 11) is 0. The standard InChI is InChI=1S/C24H31FN2O3/c25-22-18-21(28-16-17-30-24-8-4-5-15-29-24)9-10-23(22)27-13-11-26(12-14-27)19-20-6-2-1-3-7-20/h1-3,6-7,9-10,18,24H,4-5,8,11-17,19H2. The Morgan fingerprint density at radius 2 is 1.80 bits per heavy atom.